The summed E-state index contributed by atoms with van der Waals surface area (Å²) in [6.07, 6.45) is 0.825. The molecule has 1 aliphatic rings. The third-order valence-corrected chi connectivity index (χ3v) is 5.74. The molecular formula is C20H26N2O5S. The molecule has 0 bridgehead atoms. The highest BCUT2D eigenvalue weighted by Crippen LogP contribution is 2.34. The Labute approximate surface area is 168 Å². The van der Waals surface area contributed by atoms with Gasteiger partial charge in [-0.3, -0.25) is 24.1 Å². The van der Waals surface area contributed by atoms with E-state index in [0.717, 1.165) is 22.2 Å². The highest BCUT2D eigenvalue weighted by Gasteiger charge is 2.49. The van der Waals surface area contributed by atoms with Gasteiger partial charge in [0, 0.05) is 12.6 Å². The Kier molecular flexibility index (Phi) is 7.01. The van der Waals surface area contributed by atoms with Crippen molar-refractivity contribution in [2.45, 2.75) is 50.8 Å². The molecule has 1 aromatic rings. The van der Waals surface area contributed by atoms with Crippen LogP contribution in [-0.2, 0) is 25.6 Å². The summed E-state index contributed by atoms with van der Waals surface area (Å²) in [4.78, 5) is 50.8. The minimum absolute atomic E-state index is 0.0604. The van der Waals surface area contributed by atoms with Crippen LogP contribution < -0.4 is 10.6 Å². The van der Waals surface area contributed by atoms with E-state index in [4.69, 9.17) is 5.73 Å². The number of nitrogens with zero attached hydrogens (tertiary/aromatic N) is 1. The number of anilines is 1. The molecule has 2 rings (SSSR count). The van der Waals surface area contributed by atoms with E-state index in [1.165, 1.54) is 6.92 Å². The molecule has 28 heavy (non-hydrogen) atoms. The second-order valence-corrected chi connectivity index (χ2v) is 8.86. The fraction of sp³-hybridized carbons (Fsp3) is 0.500. The first-order valence-electron chi connectivity index (χ1n) is 9.18. The molecule has 7 nitrogen and oxygen atoms in total. The van der Waals surface area contributed by atoms with E-state index >= 15 is 0 Å². The van der Waals surface area contributed by atoms with Gasteiger partial charge in [0.25, 0.3) is 5.91 Å². The summed E-state index contributed by atoms with van der Waals surface area (Å²) in [6.45, 7) is 4.63. The number of carboxylic acid groups (broad SMARTS) is 1. The van der Waals surface area contributed by atoms with E-state index in [1.807, 2.05) is 13.8 Å². The number of hydrogen-bond acceptors (Lipinski definition) is 6. The number of nitrogens with two attached hydrogens (primary N) is 1. The van der Waals surface area contributed by atoms with Gasteiger partial charge >= 0.3 is 5.97 Å². The number of fused-ring (bicyclic) bond motifs is 1. The molecule has 1 amide bonds. The summed E-state index contributed by atoms with van der Waals surface area (Å²) < 4.78 is 0. The predicted molar refractivity (Wildman–Crippen MR) is 108 cm³/mol. The van der Waals surface area contributed by atoms with Crippen molar-refractivity contribution >= 4 is 40.2 Å². The number of benzene rings is 1. The molecule has 2 atom stereocenters. The second kappa shape index (κ2) is 8.87. The van der Waals surface area contributed by atoms with Crippen molar-refractivity contribution in [3.8, 4) is 0 Å². The zero-order valence-electron chi connectivity index (χ0n) is 16.3. The third kappa shape index (κ3) is 4.80. The molecule has 152 valence electrons. The van der Waals surface area contributed by atoms with Crippen molar-refractivity contribution in [2.75, 3.05) is 11.4 Å². The summed E-state index contributed by atoms with van der Waals surface area (Å²) >= 11 is 0.881. The molecule has 0 fully saturated rings. The Hall–Kier alpha value is -2.19. The lowest BCUT2D eigenvalue weighted by Crippen LogP contribution is -2.63. The molecular weight excluding hydrogens is 380 g/mol. The number of carbonyl (C=O) groups excluding carboxylic acids is 3. The highest BCUT2D eigenvalue weighted by molar-refractivity contribution is 8.14. The number of hydrogen-bond donors (Lipinski definition) is 2. The van der Waals surface area contributed by atoms with Crippen molar-refractivity contribution in [1.29, 1.82) is 0 Å². The molecule has 1 aliphatic heterocycles. The first kappa shape index (κ1) is 22.1. The van der Waals surface area contributed by atoms with Crippen LogP contribution in [-0.4, -0.2) is 45.2 Å². The molecule has 8 heteroatoms. The first-order valence-corrected chi connectivity index (χ1v) is 10.1. The Morgan fingerprint density at radius 1 is 1.29 bits per heavy atom. The van der Waals surface area contributed by atoms with Gasteiger partial charge in [-0.15, -0.1) is 0 Å². The fourth-order valence-electron chi connectivity index (χ4n) is 3.42. The number of carboxylic acids is 1. The monoisotopic (exact) mass is 406 g/mol. The van der Waals surface area contributed by atoms with Crippen LogP contribution in [0.15, 0.2) is 24.3 Å². The predicted octanol–water partition coefficient (Wildman–Crippen LogP) is 2.01. The lowest BCUT2D eigenvalue weighted by molar-refractivity contribution is -0.139. The SMILES string of the molecule is CC(=O)SC(CC(C)C)C(=O)C1(N)CCc2ccccc2N(CC(=O)O)C1=O. The van der Waals surface area contributed by atoms with Gasteiger partial charge in [0.1, 0.15) is 6.54 Å². The number of rotatable bonds is 7. The summed E-state index contributed by atoms with van der Waals surface area (Å²) in [5.41, 5.74) is 5.72. The van der Waals surface area contributed by atoms with Gasteiger partial charge in [0.2, 0.25) is 0 Å². The largest absolute Gasteiger partial charge is 0.480 e. The Morgan fingerprint density at radius 2 is 1.93 bits per heavy atom. The van der Waals surface area contributed by atoms with Crippen molar-refractivity contribution in [3.63, 3.8) is 0 Å². The van der Waals surface area contributed by atoms with Gasteiger partial charge in [-0.2, -0.15) is 0 Å². The number of thioether (sulfide) groups is 1. The number of para-hydroxylation sites is 1. The van der Waals surface area contributed by atoms with Crippen molar-refractivity contribution in [3.05, 3.63) is 29.8 Å². The van der Waals surface area contributed by atoms with Crippen molar-refractivity contribution in [2.24, 2.45) is 11.7 Å². The fourth-order valence-corrected chi connectivity index (χ4v) is 4.62. The average Bonchev–Trinajstić information content (AvgIpc) is 2.71. The lowest BCUT2D eigenvalue weighted by Gasteiger charge is -2.33. The maximum absolute atomic E-state index is 13.3. The Balaban J connectivity index is 2.47. The van der Waals surface area contributed by atoms with Crippen LogP contribution in [0.3, 0.4) is 0 Å². The molecule has 3 N–H and O–H groups in total. The van der Waals surface area contributed by atoms with Crippen molar-refractivity contribution < 1.29 is 24.3 Å². The smallest absolute Gasteiger partial charge is 0.323 e. The molecule has 0 aromatic heterocycles. The van der Waals surface area contributed by atoms with Crippen molar-refractivity contribution in [1.82, 2.24) is 0 Å². The van der Waals surface area contributed by atoms with E-state index in [0.29, 0.717) is 18.5 Å². The van der Waals surface area contributed by atoms with Crippen LogP contribution in [0.4, 0.5) is 5.69 Å². The number of carbonyl (C=O) groups is 4. The van der Waals surface area contributed by atoms with Gasteiger partial charge in [-0.1, -0.05) is 43.8 Å². The van der Waals surface area contributed by atoms with Crippen LogP contribution in [0.5, 0.6) is 0 Å². The van der Waals surface area contributed by atoms with E-state index in [-0.39, 0.29) is 17.5 Å². The van der Waals surface area contributed by atoms with Gasteiger partial charge in [0.05, 0.1) is 5.25 Å². The molecule has 0 saturated heterocycles. The quantitative estimate of drug-likeness (QED) is 0.665. The molecule has 0 aliphatic carbocycles. The van der Waals surface area contributed by atoms with E-state index in [9.17, 15) is 24.3 Å². The topological polar surface area (TPSA) is 118 Å². The maximum Gasteiger partial charge on any atom is 0.323 e. The van der Waals surface area contributed by atoms with E-state index in [1.54, 1.807) is 24.3 Å². The third-order valence-electron chi connectivity index (χ3n) is 4.72. The molecule has 0 radical (unpaired) electrons. The van der Waals surface area contributed by atoms with Crippen LogP contribution in [0.25, 0.3) is 0 Å². The molecule has 0 saturated carbocycles. The first-order chi connectivity index (χ1) is 13.1. The number of Topliss-reactive ketones (excluding diaryl/α,β-unsaturated/α-hetero) is 1. The second-order valence-electron chi connectivity index (χ2n) is 7.48. The molecule has 1 heterocycles. The van der Waals surface area contributed by atoms with Gasteiger partial charge in [-0.25, -0.2) is 0 Å². The van der Waals surface area contributed by atoms with Crippen LogP contribution in [0.2, 0.25) is 0 Å². The Morgan fingerprint density at radius 3 is 2.50 bits per heavy atom. The summed E-state index contributed by atoms with van der Waals surface area (Å²) in [6, 6.07) is 6.95. The van der Waals surface area contributed by atoms with Gasteiger partial charge in [0.15, 0.2) is 16.4 Å². The minimum Gasteiger partial charge on any atom is -0.480 e. The number of aryl methyl sites for hydroxylation is 1. The summed E-state index contributed by atoms with van der Waals surface area (Å²) in [5, 5.41) is 8.31. The van der Waals surface area contributed by atoms with Crippen LogP contribution in [0.1, 0.15) is 39.2 Å². The van der Waals surface area contributed by atoms with E-state index in [2.05, 4.69) is 0 Å². The van der Waals surface area contributed by atoms with E-state index < -0.39 is 35.0 Å². The van der Waals surface area contributed by atoms with Gasteiger partial charge in [-0.05, 0) is 36.8 Å². The standard InChI is InChI=1S/C20H26N2O5S/c1-12(2)10-16(28-13(3)23)18(26)20(21)9-8-14-6-4-5-7-15(14)22(19(20)27)11-17(24)25/h4-7,12,16H,8-11,21H2,1-3H3,(H,24,25). The number of ketones is 1. The Bertz CT molecular complexity index is 795. The average molecular weight is 407 g/mol. The number of amides is 1. The lowest BCUT2D eigenvalue weighted by atomic mass is 9.84. The highest BCUT2D eigenvalue weighted by atomic mass is 32.2. The van der Waals surface area contributed by atoms with Gasteiger partial charge < -0.3 is 10.8 Å². The maximum atomic E-state index is 13.3. The zero-order valence-corrected chi connectivity index (χ0v) is 17.1. The number of aliphatic carboxylic acids is 1. The summed E-state index contributed by atoms with van der Waals surface area (Å²) in [7, 11) is 0. The van der Waals surface area contributed by atoms with Crippen LogP contribution >= 0.6 is 11.8 Å². The molecule has 2 unspecified atom stereocenters. The molecule has 1 aromatic carbocycles. The normalized spacial score (nSPS) is 20.5. The van der Waals surface area contributed by atoms with Crippen LogP contribution in [0, 0.1) is 5.92 Å². The minimum atomic E-state index is -1.88. The zero-order chi connectivity index (χ0) is 21.1. The summed E-state index contributed by atoms with van der Waals surface area (Å²) in [5.74, 6) is -2.33. The molecule has 0 spiro atoms.